The normalized spacial score (nSPS) is 25.2. The second kappa shape index (κ2) is 11.6. The van der Waals surface area contributed by atoms with E-state index in [9.17, 15) is 4.39 Å². The molecule has 180 valence electrons. The van der Waals surface area contributed by atoms with Crippen LogP contribution in [0.2, 0.25) is 0 Å². The third-order valence-corrected chi connectivity index (χ3v) is 8.59. The first-order chi connectivity index (χ1) is 16.1. The predicted molar refractivity (Wildman–Crippen MR) is 137 cm³/mol. The van der Waals surface area contributed by atoms with Crippen molar-refractivity contribution in [3.63, 3.8) is 0 Å². The lowest BCUT2D eigenvalue weighted by Gasteiger charge is -2.42. The van der Waals surface area contributed by atoms with E-state index in [0.29, 0.717) is 10.8 Å². The summed E-state index contributed by atoms with van der Waals surface area (Å²) in [7, 11) is 0. The highest BCUT2D eigenvalue weighted by atomic mass is 19.1. The first-order valence-electron chi connectivity index (χ1n) is 13.6. The summed E-state index contributed by atoms with van der Waals surface area (Å²) in [5.41, 5.74) is 1.66. The van der Waals surface area contributed by atoms with Crippen LogP contribution < -0.4 is 0 Å². The van der Waals surface area contributed by atoms with E-state index in [0.717, 1.165) is 54.6 Å². The molecule has 2 saturated carbocycles. The maximum Gasteiger partial charge on any atom is 0.131 e. The summed E-state index contributed by atoms with van der Waals surface area (Å²) in [6.07, 6.45) is 19.0. The van der Waals surface area contributed by atoms with Crippen molar-refractivity contribution in [2.75, 3.05) is 0 Å². The fourth-order valence-electron chi connectivity index (χ4n) is 6.71. The minimum absolute atomic E-state index is 0.146. The number of allylic oxidation sites excluding steroid dienone is 1. The summed E-state index contributed by atoms with van der Waals surface area (Å²) in [4.78, 5) is 0. The fraction of sp³-hybridized carbons (Fsp3) is 0.613. The van der Waals surface area contributed by atoms with Crippen LogP contribution in [0.5, 0.6) is 0 Å². The Balaban J connectivity index is 1.39. The van der Waals surface area contributed by atoms with E-state index in [1.807, 2.05) is 18.2 Å². The number of halogens is 2. The largest absolute Gasteiger partial charge is 0.207 e. The summed E-state index contributed by atoms with van der Waals surface area (Å²) in [5.74, 6) is 2.32. The number of benzene rings is 2. The smallest absolute Gasteiger partial charge is 0.131 e. The number of rotatable bonds is 10. The molecule has 0 N–H and O–H groups in total. The molecule has 0 amide bonds. The zero-order valence-electron chi connectivity index (χ0n) is 20.6. The van der Waals surface area contributed by atoms with Gasteiger partial charge in [-0.05, 0) is 103 Å². The molecule has 2 aromatic rings. The lowest BCUT2D eigenvalue weighted by Crippen LogP contribution is -2.30. The molecule has 33 heavy (non-hydrogen) atoms. The molecular weight excluding hydrogens is 410 g/mol. The Kier molecular flexibility index (Phi) is 8.61. The average Bonchev–Trinajstić information content (AvgIpc) is 2.82. The minimum Gasteiger partial charge on any atom is -0.207 e. The molecule has 0 radical (unpaired) electrons. The van der Waals surface area contributed by atoms with Crippen LogP contribution in [0.4, 0.5) is 8.78 Å². The number of unbranched alkanes of at least 4 members (excludes halogenated alkanes) is 4. The Bertz CT molecular complexity index is 930. The molecule has 0 nitrogen and oxygen atoms in total. The van der Waals surface area contributed by atoms with Gasteiger partial charge < -0.3 is 0 Å². The van der Waals surface area contributed by atoms with E-state index in [4.69, 9.17) is 0 Å². The first kappa shape index (κ1) is 24.4. The van der Waals surface area contributed by atoms with Gasteiger partial charge in [-0.3, -0.25) is 0 Å². The molecular formula is C31H42F2. The van der Waals surface area contributed by atoms with Crippen LogP contribution in [-0.4, -0.2) is 0 Å². The van der Waals surface area contributed by atoms with Crippen molar-refractivity contribution in [3.8, 4) is 0 Å². The van der Waals surface area contributed by atoms with E-state index in [1.165, 1.54) is 64.2 Å². The van der Waals surface area contributed by atoms with Gasteiger partial charge in [-0.2, -0.15) is 0 Å². The van der Waals surface area contributed by atoms with Crippen LogP contribution in [-0.2, 0) is 6.42 Å². The van der Waals surface area contributed by atoms with Gasteiger partial charge in [-0.1, -0.05) is 64.0 Å². The lowest BCUT2D eigenvalue weighted by molar-refractivity contribution is 0.112. The zero-order chi connectivity index (χ0) is 23.2. The Labute approximate surface area is 199 Å². The molecule has 0 aliphatic heterocycles. The van der Waals surface area contributed by atoms with Crippen molar-refractivity contribution in [1.29, 1.82) is 0 Å². The summed E-state index contributed by atoms with van der Waals surface area (Å²) < 4.78 is 30.1. The minimum atomic E-state index is -0.221. The summed E-state index contributed by atoms with van der Waals surface area (Å²) in [6, 6.07) is 6.96. The Morgan fingerprint density at radius 3 is 2.48 bits per heavy atom. The van der Waals surface area contributed by atoms with E-state index < -0.39 is 0 Å². The van der Waals surface area contributed by atoms with Gasteiger partial charge in [0.25, 0.3) is 0 Å². The monoisotopic (exact) mass is 452 g/mol. The van der Waals surface area contributed by atoms with Gasteiger partial charge in [0.1, 0.15) is 11.6 Å². The van der Waals surface area contributed by atoms with Gasteiger partial charge in [-0.15, -0.1) is 6.58 Å². The van der Waals surface area contributed by atoms with Crippen molar-refractivity contribution in [2.24, 2.45) is 17.8 Å². The molecule has 2 aromatic carbocycles. The third kappa shape index (κ3) is 6.06. The summed E-state index contributed by atoms with van der Waals surface area (Å²) >= 11 is 0. The number of hydrogen-bond donors (Lipinski definition) is 0. The van der Waals surface area contributed by atoms with Gasteiger partial charge in [0.05, 0.1) is 0 Å². The molecule has 2 aliphatic rings. The molecule has 0 saturated heterocycles. The summed E-state index contributed by atoms with van der Waals surface area (Å²) in [6.45, 7) is 6.02. The lowest BCUT2D eigenvalue weighted by atomic mass is 9.63. The maximum atomic E-state index is 15.2. The van der Waals surface area contributed by atoms with Crippen molar-refractivity contribution >= 4 is 10.8 Å². The standard InChI is InChI=1S/C31H42F2/c1-3-5-7-8-9-11-22-12-13-25-19-26(15-14-24(25)16-22)28-21-29-27(20-31(28)33)17-23(10-6-4-2)18-30(29)32/h4,17-18,20-22,24-26H,2-3,5-16,19H2,1H3. The maximum absolute atomic E-state index is 15.2. The van der Waals surface area contributed by atoms with Crippen LogP contribution in [0.25, 0.3) is 10.8 Å². The Morgan fingerprint density at radius 2 is 1.67 bits per heavy atom. The molecule has 4 atom stereocenters. The van der Waals surface area contributed by atoms with Gasteiger partial charge in [-0.25, -0.2) is 8.78 Å². The van der Waals surface area contributed by atoms with Crippen molar-refractivity contribution < 1.29 is 8.78 Å². The third-order valence-electron chi connectivity index (χ3n) is 8.59. The topological polar surface area (TPSA) is 0 Å². The molecule has 4 unspecified atom stereocenters. The van der Waals surface area contributed by atoms with Crippen molar-refractivity contribution in [2.45, 2.75) is 103 Å². The Hall–Kier alpha value is -1.70. The Morgan fingerprint density at radius 1 is 0.879 bits per heavy atom. The van der Waals surface area contributed by atoms with Gasteiger partial charge >= 0.3 is 0 Å². The highest BCUT2D eigenvalue weighted by molar-refractivity contribution is 5.85. The molecule has 0 aromatic heterocycles. The number of aryl methyl sites for hydroxylation is 1. The van der Waals surface area contributed by atoms with Crippen LogP contribution in [0.1, 0.15) is 107 Å². The predicted octanol–water partition coefficient (Wildman–Crippen LogP) is 9.90. The summed E-state index contributed by atoms with van der Waals surface area (Å²) in [5, 5.41) is 1.26. The highest BCUT2D eigenvalue weighted by Gasteiger charge is 2.36. The van der Waals surface area contributed by atoms with E-state index in [1.54, 1.807) is 12.1 Å². The quantitative estimate of drug-likeness (QED) is 0.248. The van der Waals surface area contributed by atoms with E-state index >= 15 is 4.39 Å². The zero-order valence-corrected chi connectivity index (χ0v) is 20.6. The van der Waals surface area contributed by atoms with Crippen LogP contribution in [0, 0.1) is 29.4 Å². The van der Waals surface area contributed by atoms with E-state index in [-0.39, 0.29) is 17.6 Å². The number of fused-ring (bicyclic) bond motifs is 2. The van der Waals surface area contributed by atoms with Crippen molar-refractivity contribution in [1.82, 2.24) is 0 Å². The highest BCUT2D eigenvalue weighted by Crippen LogP contribution is 2.49. The molecule has 0 spiro atoms. The van der Waals surface area contributed by atoms with E-state index in [2.05, 4.69) is 13.5 Å². The molecule has 2 aliphatic carbocycles. The van der Waals surface area contributed by atoms with Gasteiger partial charge in [0.15, 0.2) is 0 Å². The SMILES string of the molecule is C=CCCc1cc(F)c2cc(C3CCC4CC(CCCCCCC)CCC4C3)c(F)cc2c1. The molecule has 0 heterocycles. The van der Waals surface area contributed by atoms with Crippen LogP contribution in [0.3, 0.4) is 0 Å². The number of hydrogen-bond acceptors (Lipinski definition) is 0. The average molecular weight is 453 g/mol. The first-order valence-corrected chi connectivity index (χ1v) is 13.6. The van der Waals surface area contributed by atoms with Gasteiger partial charge in [0.2, 0.25) is 0 Å². The van der Waals surface area contributed by atoms with Crippen LogP contribution >= 0.6 is 0 Å². The second-order valence-corrected chi connectivity index (χ2v) is 10.9. The molecule has 4 rings (SSSR count). The molecule has 2 fully saturated rings. The van der Waals surface area contributed by atoms with Crippen molar-refractivity contribution in [3.05, 3.63) is 59.7 Å². The fourth-order valence-corrected chi connectivity index (χ4v) is 6.71. The second-order valence-electron chi connectivity index (χ2n) is 10.9. The molecule has 0 bridgehead atoms. The van der Waals surface area contributed by atoms with Crippen LogP contribution in [0.15, 0.2) is 36.9 Å². The van der Waals surface area contributed by atoms with Gasteiger partial charge in [0, 0.05) is 5.39 Å². The molecule has 2 heteroatoms.